The van der Waals surface area contributed by atoms with E-state index in [1.807, 2.05) is 64.2 Å². The Balaban J connectivity index is 1.91. The molecule has 0 radical (unpaired) electrons. The fourth-order valence-corrected chi connectivity index (χ4v) is 5.16. The average Bonchev–Trinajstić information content (AvgIpc) is 2.81. The van der Waals surface area contributed by atoms with Crippen molar-refractivity contribution in [2.24, 2.45) is 0 Å². The highest BCUT2D eigenvalue weighted by Gasteiger charge is 2.33. The number of hydrogen-bond acceptors (Lipinski definition) is 5. The lowest BCUT2D eigenvalue weighted by atomic mass is 9.85. The zero-order valence-electron chi connectivity index (χ0n) is 22.6. The van der Waals surface area contributed by atoms with Crippen LogP contribution in [0.3, 0.4) is 0 Å². The van der Waals surface area contributed by atoms with Gasteiger partial charge in [0.2, 0.25) is 0 Å². The lowest BCUT2D eigenvalue weighted by molar-refractivity contribution is -0.160. The number of carboxylic acids is 1. The Labute approximate surface area is 217 Å². The summed E-state index contributed by atoms with van der Waals surface area (Å²) in [5.74, 6) is -0.225. The van der Waals surface area contributed by atoms with Crippen molar-refractivity contribution in [1.82, 2.24) is 9.97 Å². The average molecular weight is 499 g/mol. The molecule has 0 aliphatic carbocycles. The van der Waals surface area contributed by atoms with Crippen molar-refractivity contribution < 1.29 is 19.4 Å². The molecule has 192 valence electrons. The van der Waals surface area contributed by atoms with Crippen LogP contribution in [0.5, 0.6) is 5.75 Å². The van der Waals surface area contributed by atoms with E-state index in [1.54, 1.807) is 0 Å². The van der Waals surface area contributed by atoms with Crippen molar-refractivity contribution in [3.05, 3.63) is 65.0 Å². The largest absolute Gasteiger partial charge is 0.493 e. The van der Waals surface area contributed by atoms with Gasteiger partial charge < -0.3 is 14.6 Å². The Kier molecular flexibility index (Phi) is 5.99. The summed E-state index contributed by atoms with van der Waals surface area (Å²) in [5, 5.41) is 12.2. The molecule has 0 amide bonds. The number of fused-ring (bicyclic) bond motifs is 1. The zero-order valence-corrected chi connectivity index (χ0v) is 22.6. The van der Waals surface area contributed by atoms with Gasteiger partial charge in [0.1, 0.15) is 5.75 Å². The SMILES string of the molecule is Cc1cc2nc(C(C)(C)C)ccc2c(-c2ccc3c4c(ccnc24)CCO3)c1C(OC(C)(C)C)C(=O)O. The number of carboxylic acid groups (broad SMARTS) is 1. The summed E-state index contributed by atoms with van der Waals surface area (Å²) in [7, 11) is 0. The van der Waals surface area contributed by atoms with Gasteiger partial charge in [-0.25, -0.2) is 4.79 Å². The number of hydrogen-bond donors (Lipinski definition) is 1. The standard InChI is InChI=1S/C31H34N2O4/c1-17-16-21-19(9-11-23(33-21)30(2,3)4)26(24(17)28(29(34)35)37-31(5,6)7)20-8-10-22-25-18(13-15-36-22)12-14-32-27(20)25/h8-12,14,16,28H,13,15H2,1-7H3,(H,34,35). The van der Waals surface area contributed by atoms with Crippen LogP contribution < -0.4 is 4.74 Å². The molecule has 6 nitrogen and oxygen atoms in total. The number of nitrogens with zero attached hydrogens (tertiary/aromatic N) is 2. The van der Waals surface area contributed by atoms with Crippen molar-refractivity contribution in [3.8, 4) is 16.9 Å². The lowest BCUT2D eigenvalue weighted by Gasteiger charge is -2.29. The van der Waals surface area contributed by atoms with Crippen LogP contribution in [0.1, 0.15) is 70.0 Å². The van der Waals surface area contributed by atoms with Gasteiger partial charge in [-0.1, -0.05) is 26.8 Å². The molecule has 0 saturated carbocycles. The quantitative estimate of drug-likeness (QED) is 0.328. The summed E-state index contributed by atoms with van der Waals surface area (Å²) in [6.07, 6.45) is 1.46. The first-order chi connectivity index (χ1) is 17.3. The van der Waals surface area contributed by atoms with Gasteiger partial charge in [0, 0.05) is 45.6 Å². The number of aliphatic carboxylic acids is 1. The molecule has 1 aliphatic rings. The van der Waals surface area contributed by atoms with E-state index in [4.69, 9.17) is 19.4 Å². The van der Waals surface area contributed by atoms with Gasteiger partial charge in [-0.3, -0.25) is 9.97 Å². The van der Waals surface area contributed by atoms with Gasteiger partial charge in [-0.15, -0.1) is 0 Å². The van der Waals surface area contributed by atoms with Crippen LogP contribution in [0.4, 0.5) is 0 Å². The van der Waals surface area contributed by atoms with E-state index in [0.29, 0.717) is 12.2 Å². The Morgan fingerprint density at radius 2 is 1.84 bits per heavy atom. The highest BCUT2D eigenvalue weighted by atomic mass is 16.5. The van der Waals surface area contributed by atoms with E-state index in [1.165, 1.54) is 5.56 Å². The number of pyridine rings is 2. The maximum absolute atomic E-state index is 12.7. The zero-order chi connectivity index (χ0) is 26.7. The van der Waals surface area contributed by atoms with Crippen LogP contribution >= 0.6 is 0 Å². The summed E-state index contributed by atoms with van der Waals surface area (Å²) in [6.45, 7) is 14.6. The van der Waals surface area contributed by atoms with E-state index in [-0.39, 0.29) is 5.41 Å². The summed E-state index contributed by atoms with van der Waals surface area (Å²) in [6, 6.07) is 12.1. The van der Waals surface area contributed by atoms with Crippen LogP contribution in [0.25, 0.3) is 32.9 Å². The van der Waals surface area contributed by atoms with Crippen molar-refractivity contribution in [2.75, 3.05) is 6.61 Å². The number of benzene rings is 2. The number of ether oxygens (including phenoxy) is 2. The molecule has 1 unspecified atom stereocenters. The molecule has 0 saturated heterocycles. The normalized spacial score (nSPS) is 14.6. The first-order valence-electron chi connectivity index (χ1n) is 12.7. The van der Waals surface area contributed by atoms with E-state index in [2.05, 4.69) is 26.8 Å². The van der Waals surface area contributed by atoms with Crippen LogP contribution in [0.2, 0.25) is 0 Å². The molecule has 2 aromatic carbocycles. The molecule has 1 N–H and O–H groups in total. The second-order valence-corrected chi connectivity index (χ2v) is 11.8. The van der Waals surface area contributed by atoms with E-state index in [0.717, 1.165) is 56.4 Å². The van der Waals surface area contributed by atoms with E-state index >= 15 is 0 Å². The fraction of sp³-hybridized carbons (Fsp3) is 0.387. The minimum atomic E-state index is -1.16. The molecular formula is C31H34N2O4. The third-order valence-corrected chi connectivity index (χ3v) is 6.81. The molecule has 5 rings (SSSR count). The summed E-state index contributed by atoms with van der Waals surface area (Å²) < 4.78 is 12.1. The van der Waals surface area contributed by atoms with Gasteiger partial charge in [-0.2, -0.15) is 0 Å². The van der Waals surface area contributed by atoms with Crippen LogP contribution in [0.15, 0.2) is 42.6 Å². The maximum atomic E-state index is 12.7. The maximum Gasteiger partial charge on any atom is 0.337 e. The van der Waals surface area contributed by atoms with Crippen LogP contribution in [-0.4, -0.2) is 33.3 Å². The van der Waals surface area contributed by atoms with Crippen molar-refractivity contribution >= 4 is 27.8 Å². The molecule has 0 spiro atoms. The second-order valence-electron chi connectivity index (χ2n) is 11.8. The molecule has 1 aliphatic heterocycles. The molecule has 3 heterocycles. The third-order valence-electron chi connectivity index (χ3n) is 6.81. The molecule has 0 bridgehead atoms. The van der Waals surface area contributed by atoms with E-state index in [9.17, 15) is 9.90 Å². The Hall–Kier alpha value is -3.51. The predicted octanol–water partition coefficient (Wildman–Crippen LogP) is 6.93. The molecule has 37 heavy (non-hydrogen) atoms. The first kappa shape index (κ1) is 25.2. The second kappa shape index (κ2) is 8.80. The number of rotatable bonds is 4. The minimum absolute atomic E-state index is 0.126. The molecule has 1 atom stereocenters. The number of aryl methyl sites for hydroxylation is 1. The Morgan fingerprint density at radius 3 is 2.51 bits per heavy atom. The van der Waals surface area contributed by atoms with Crippen molar-refractivity contribution in [3.63, 3.8) is 0 Å². The van der Waals surface area contributed by atoms with Gasteiger partial charge in [0.15, 0.2) is 6.10 Å². The minimum Gasteiger partial charge on any atom is -0.493 e. The van der Waals surface area contributed by atoms with Gasteiger partial charge in [0.05, 0.1) is 23.2 Å². The monoisotopic (exact) mass is 498 g/mol. The highest BCUT2D eigenvalue weighted by Crippen LogP contribution is 2.45. The topological polar surface area (TPSA) is 81.5 Å². The predicted molar refractivity (Wildman–Crippen MR) is 146 cm³/mol. The van der Waals surface area contributed by atoms with Crippen LogP contribution in [0, 0.1) is 6.92 Å². The summed E-state index contributed by atoms with van der Waals surface area (Å²) in [5.41, 5.74) is 6.06. The van der Waals surface area contributed by atoms with Crippen molar-refractivity contribution in [2.45, 2.75) is 72.0 Å². The first-order valence-corrected chi connectivity index (χ1v) is 12.7. The summed E-state index contributed by atoms with van der Waals surface area (Å²) in [4.78, 5) is 22.5. The number of aromatic nitrogens is 2. The van der Waals surface area contributed by atoms with Crippen molar-refractivity contribution in [1.29, 1.82) is 0 Å². The summed E-state index contributed by atoms with van der Waals surface area (Å²) >= 11 is 0. The lowest BCUT2D eigenvalue weighted by Crippen LogP contribution is -2.28. The molecular weight excluding hydrogens is 464 g/mol. The molecule has 6 heteroatoms. The number of carbonyl (C=O) groups is 1. The Morgan fingerprint density at radius 1 is 1.08 bits per heavy atom. The van der Waals surface area contributed by atoms with E-state index < -0.39 is 17.7 Å². The fourth-order valence-electron chi connectivity index (χ4n) is 5.16. The highest BCUT2D eigenvalue weighted by molar-refractivity contribution is 6.08. The molecule has 4 aromatic rings. The van der Waals surface area contributed by atoms with Gasteiger partial charge in [-0.05, 0) is 74.7 Å². The van der Waals surface area contributed by atoms with Gasteiger partial charge in [0.25, 0.3) is 0 Å². The smallest absolute Gasteiger partial charge is 0.337 e. The van der Waals surface area contributed by atoms with Crippen LogP contribution in [-0.2, 0) is 21.4 Å². The molecule has 2 aromatic heterocycles. The third kappa shape index (κ3) is 4.55. The van der Waals surface area contributed by atoms with Gasteiger partial charge >= 0.3 is 5.97 Å². The molecule has 0 fully saturated rings. The Bertz CT molecular complexity index is 1530.